The summed E-state index contributed by atoms with van der Waals surface area (Å²) >= 11 is 10.6. The molecule has 0 saturated heterocycles. The van der Waals surface area contributed by atoms with Crippen molar-refractivity contribution in [3.8, 4) is 0 Å². The zero-order valence-electron chi connectivity index (χ0n) is 12.4. The molecule has 0 aliphatic rings. The van der Waals surface area contributed by atoms with E-state index in [0.717, 1.165) is 25.7 Å². The highest BCUT2D eigenvalue weighted by atomic mass is 79.9. The molecule has 0 radical (unpaired) electrons. The Morgan fingerprint density at radius 3 is 1.90 bits per heavy atom. The first-order chi connectivity index (χ1) is 10.1. The normalized spacial score (nSPS) is 15.4. The van der Waals surface area contributed by atoms with Gasteiger partial charge in [-0.15, -0.1) is 11.6 Å². The first-order valence-corrected chi connectivity index (χ1v) is 8.78. The molecule has 0 aliphatic heterocycles. The van der Waals surface area contributed by atoms with Crippen LogP contribution in [0.3, 0.4) is 0 Å². The number of benzene rings is 2. The number of rotatable bonds is 7. The number of halogens is 2. The maximum absolute atomic E-state index is 6.76. The molecule has 2 heteroatoms. The number of hydrogen-bond donors (Lipinski definition) is 0. The lowest BCUT2D eigenvalue weighted by Crippen LogP contribution is -2.30. The summed E-state index contributed by atoms with van der Waals surface area (Å²) in [5.41, 5.74) is 2.73. The molecule has 0 heterocycles. The number of alkyl halides is 2. The summed E-state index contributed by atoms with van der Waals surface area (Å²) in [7, 11) is 0. The van der Waals surface area contributed by atoms with E-state index in [4.69, 9.17) is 11.6 Å². The van der Waals surface area contributed by atoms with E-state index in [9.17, 15) is 0 Å². The Hall–Kier alpha value is -0.790. The standard InChI is InChI=1S/C19H22BrCl/c1-19(21,15-14-17-10-6-3-7-11-17)18(20)13-12-16-8-4-2-5-9-16/h2-11,18H,12-15H2,1H3. The van der Waals surface area contributed by atoms with Gasteiger partial charge in [-0.25, -0.2) is 0 Å². The van der Waals surface area contributed by atoms with Crippen molar-refractivity contribution >= 4 is 27.5 Å². The molecule has 0 N–H and O–H groups in total. The second kappa shape index (κ2) is 8.00. The van der Waals surface area contributed by atoms with Crippen LogP contribution in [0.1, 0.15) is 30.9 Å². The molecule has 0 fully saturated rings. The van der Waals surface area contributed by atoms with Gasteiger partial charge in [-0.2, -0.15) is 0 Å². The zero-order valence-corrected chi connectivity index (χ0v) is 14.8. The third kappa shape index (κ3) is 5.48. The zero-order chi connectivity index (χ0) is 15.1. The molecule has 0 nitrogen and oxygen atoms in total. The fraction of sp³-hybridized carbons (Fsp3) is 0.368. The van der Waals surface area contributed by atoms with E-state index in [1.807, 2.05) is 0 Å². The SMILES string of the molecule is CC(Cl)(CCc1ccccc1)C(Br)CCc1ccccc1. The van der Waals surface area contributed by atoms with Crippen molar-refractivity contribution in [2.45, 2.75) is 42.3 Å². The van der Waals surface area contributed by atoms with Gasteiger partial charge in [0, 0.05) is 4.83 Å². The average Bonchev–Trinajstić information content (AvgIpc) is 2.52. The first kappa shape index (κ1) is 16.6. The summed E-state index contributed by atoms with van der Waals surface area (Å²) in [5, 5.41) is 0. The minimum atomic E-state index is -0.218. The molecular weight excluding hydrogens is 344 g/mol. The summed E-state index contributed by atoms with van der Waals surface area (Å²) in [6, 6.07) is 21.1. The fourth-order valence-corrected chi connectivity index (χ4v) is 3.09. The Morgan fingerprint density at radius 1 is 0.905 bits per heavy atom. The highest BCUT2D eigenvalue weighted by molar-refractivity contribution is 9.09. The van der Waals surface area contributed by atoms with E-state index in [2.05, 4.69) is 83.5 Å². The monoisotopic (exact) mass is 364 g/mol. The van der Waals surface area contributed by atoms with Crippen LogP contribution in [-0.4, -0.2) is 9.70 Å². The molecule has 112 valence electrons. The van der Waals surface area contributed by atoms with Crippen LogP contribution in [0.15, 0.2) is 60.7 Å². The quantitative estimate of drug-likeness (QED) is 0.527. The predicted molar refractivity (Wildman–Crippen MR) is 96.5 cm³/mol. The Bertz CT molecular complexity index is 522. The van der Waals surface area contributed by atoms with Crippen molar-refractivity contribution in [3.63, 3.8) is 0 Å². The number of hydrogen-bond acceptors (Lipinski definition) is 0. The molecular formula is C19H22BrCl. The maximum atomic E-state index is 6.76. The lowest BCUT2D eigenvalue weighted by molar-refractivity contribution is 0.531. The van der Waals surface area contributed by atoms with Gasteiger partial charge in [0.15, 0.2) is 0 Å². The summed E-state index contributed by atoms with van der Waals surface area (Å²) in [5.74, 6) is 0. The van der Waals surface area contributed by atoms with Crippen molar-refractivity contribution in [2.24, 2.45) is 0 Å². The van der Waals surface area contributed by atoms with Crippen molar-refractivity contribution < 1.29 is 0 Å². The van der Waals surface area contributed by atoms with Crippen LogP contribution in [0, 0.1) is 0 Å². The van der Waals surface area contributed by atoms with E-state index in [1.165, 1.54) is 11.1 Å². The molecule has 2 aromatic rings. The molecule has 2 rings (SSSR count). The highest BCUT2D eigenvalue weighted by Crippen LogP contribution is 2.33. The van der Waals surface area contributed by atoms with Gasteiger partial charge < -0.3 is 0 Å². The van der Waals surface area contributed by atoms with Gasteiger partial charge in [-0.1, -0.05) is 76.6 Å². The third-order valence-corrected chi connectivity index (χ3v) is 6.11. The molecule has 0 spiro atoms. The first-order valence-electron chi connectivity index (χ1n) is 7.49. The lowest BCUT2D eigenvalue weighted by Gasteiger charge is -2.28. The Morgan fingerprint density at radius 2 is 1.38 bits per heavy atom. The van der Waals surface area contributed by atoms with Gasteiger partial charge in [-0.05, 0) is 43.7 Å². The Kier molecular flexibility index (Phi) is 6.32. The van der Waals surface area contributed by atoms with Crippen LogP contribution in [0.4, 0.5) is 0 Å². The smallest absolute Gasteiger partial charge is 0.0546 e. The van der Waals surface area contributed by atoms with Gasteiger partial charge in [0.2, 0.25) is 0 Å². The minimum absolute atomic E-state index is 0.218. The molecule has 2 aromatic carbocycles. The maximum Gasteiger partial charge on any atom is 0.0546 e. The molecule has 0 aliphatic carbocycles. The van der Waals surface area contributed by atoms with Crippen LogP contribution in [0.25, 0.3) is 0 Å². The second-order valence-electron chi connectivity index (χ2n) is 5.76. The summed E-state index contributed by atoms with van der Waals surface area (Å²) in [6.45, 7) is 2.14. The van der Waals surface area contributed by atoms with Crippen LogP contribution in [-0.2, 0) is 12.8 Å². The molecule has 2 atom stereocenters. The Labute approximate surface area is 141 Å². The topological polar surface area (TPSA) is 0 Å². The Balaban J connectivity index is 1.83. The molecule has 21 heavy (non-hydrogen) atoms. The van der Waals surface area contributed by atoms with Gasteiger partial charge >= 0.3 is 0 Å². The van der Waals surface area contributed by atoms with Crippen LogP contribution < -0.4 is 0 Å². The minimum Gasteiger partial charge on any atom is -0.118 e. The van der Waals surface area contributed by atoms with Gasteiger partial charge in [0.1, 0.15) is 0 Å². The fourth-order valence-electron chi connectivity index (χ4n) is 2.43. The van der Waals surface area contributed by atoms with Crippen LogP contribution in [0.5, 0.6) is 0 Å². The van der Waals surface area contributed by atoms with E-state index in [-0.39, 0.29) is 4.87 Å². The van der Waals surface area contributed by atoms with Crippen molar-refractivity contribution in [1.82, 2.24) is 0 Å². The van der Waals surface area contributed by atoms with E-state index in [0.29, 0.717) is 4.83 Å². The predicted octanol–water partition coefficient (Wildman–Crippen LogP) is 6.01. The molecule has 0 bridgehead atoms. The van der Waals surface area contributed by atoms with Crippen LogP contribution >= 0.6 is 27.5 Å². The van der Waals surface area contributed by atoms with E-state index < -0.39 is 0 Å². The van der Waals surface area contributed by atoms with Crippen molar-refractivity contribution in [1.29, 1.82) is 0 Å². The molecule has 0 saturated carbocycles. The molecule has 0 amide bonds. The van der Waals surface area contributed by atoms with E-state index >= 15 is 0 Å². The summed E-state index contributed by atoms with van der Waals surface area (Å²) in [4.78, 5) is 0.0977. The second-order valence-corrected chi connectivity index (χ2v) is 7.72. The largest absolute Gasteiger partial charge is 0.118 e. The number of aryl methyl sites for hydroxylation is 2. The van der Waals surface area contributed by atoms with Crippen molar-refractivity contribution in [2.75, 3.05) is 0 Å². The van der Waals surface area contributed by atoms with Gasteiger partial charge in [0.05, 0.1) is 4.87 Å². The average molecular weight is 366 g/mol. The lowest BCUT2D eigenvalue weighted by atomic mass is 9.94. The van der Waals surface area contributed by atoms with Gasteiger partial charge in [0.25, 0.3) is 0 Å². The summed E-state index contributed by atoms with van der Waals surface area (Å²) in [6.07, 6.45) is 4.11. The highest BCUT2D eigenvalue weighted by Gasteiger charge is 2.29. The molecule has 0 aromatic heterocycles. The van der Waals surface area contributed by atoms with Gasteiger partial charge in [-0.3, -0.25) is 0 Å². The van der Waals surface area contributed by atoms with Crippen LogP contribution in [0.2, 0.25) is 0 Å². The molecule has 2 unspecified atom stereocenters. The summed E-state index contributed by atoms with van der Waals surface area (Å²) < 4.78 is 0. The van der Waals surface area contributed by atoms with Crippen molar-refractivity contribution in [3.05, 3.63) is 71.8 Å². The van der Waals surface area contributed by atoms with E-state index in [1.54, 1.807) is 0 Å². The third-order valence-electron chi connectivity index (χ3n) is 3.93.